The largest absolute Gasteiger partial charge is 0.469 e. The fraction of sp³-hybridized carbons (Fsp3) is 0.562. The van der Waals surface area contributed by atoms with Gasteiger partial charge in [-0.05, 0) is 12.1 Å². The summed E-state index contributed by atoms with van der Waals surface area (Å²) in [6, 6.07) is 10.5. The Morgan fingerprint density at radius 3 is 2.33 bits per heavy atom. The van der Waals surface area contributed by atoms with E-state index in [0.717, 1.165) is 45.0 Å². The molecule has 0 saturated carbocycles. The van der Waals surface area contributed by atoms with E-state index < -0.39 is 0 Å². The van der Waals surface area contributed by atoms with E-state index in [4.69, 9.17) is 0 Å². The van der Waals surface area contributed by atoms with E-state index in [1.165, 1.54) is 12.0 Å². The summed E-state index contributed by atoms with van der Waals surface area (Å²) in [5, 5.41) is 0. The Morgan fingerprint density at radius 2 is 1.71 bits per heavy atom. The number of hydrogen-bond acceptors (Lipinski definition) is 5. The molecule has 1 aliphatic rings. The molecule has 0 radical (unpaired) electrons. The number of piperazine rings is 1. The summed E-state index contributed by atoms with van der Waals surface area (Å²) in [5.41, 5.74) is 0. The molecular formula is C16H24N2O2S. The average molecular weight is 308 g/mol. The van der Waals surface area contributed by atoms with Crippen molar-refractivity contribution in [2.75, 3.05) is 52.1 Å². The molecule has 0 N–H and O–H groups in total. The van der Waals surface area contributed by atoms with E-state index in [-0.39, 0.29) is 5.97 Å². The van der Waals surface area contributed by atoms with Crippen LogP contribution in [0, 0.1) is 0 Å². The van der Waals surface area contributed by atoms with Crippen LogP contribution in [0.5, 0.6) is 0 Å². The van der Waals surface area contributed by atoms with Crippen LogP contribution in [0.25, 0.3) is 0 Å². The second-order valence-electron chi connectivity index (χ2n) is 5.17. The van der Waals surface area contributed by atoms with Gasteiger partial charge < -0.3 is 9.64 Å². The standard InChI is InChI=1S/C16H24N2O2S/c1-20-16(19)7-8-17-9-11-18(12-10-17)13-14-21-15-5-3-2-4-6-15/h2-6H,7-14H2,1H3. The summed E-state index contributed by atoms with van der Waals surface area (Å²) >= 11 is 1.92. The fourth-order valence-corrected chi connectivity index (χ4v) is 3.33. The molecule has 0 atom stereocenters. The molecule has 1 aromatic carbocycles. The molecule has 0 bridgehead atoms. The number of nitrogens with zero attached hydrogens (tertiary/aromatic N) is 2. The van der Waals surface area contributed by atoms with E-state index in [1.54, 1.807) is 0 Å². The molecule has 5 heteroatoms. The molecule has 1 fully saturated rings. The topological polar surface area (TPSA) is 32.8 Å². The van der Waals surface area contributed by atoms with Crippen molar-refractivity contribution in [3.05, 3.63) is 30.3 Å². The first kappa shape index (κ1) is 16.3. The minimum absolute atomic E-state index is 0.114. The summed E-state index contributed by atoms with van der Waals surface area (Å²) in [6.45, 7) is 6.23. The predicted octanol–water partition coefficient (Wildman–Crippen LogP) is 1.96. The zero-order valence-electron chi connectivity index (χ0n) is 12.7. The first-order chi connectivity index (χ1) is 10.3. The van der Waals surface area contributed by atoms with Crippen LogP contribution in [0.3, 0.4) is 0 Å². The summed E-state index contributed by atoms with van der Waals surface area (Å²) in [4.78, 5) is 17.3. The molecular weight excluding hydrogens is 284 g/mol. The van der Waals surface area contributed by atoms with Crippen LogP contribution in [0.1, 0.15) is 6.42 Å². The summed E-state index contributed by atoms with van der Waals surface area (Å²) < 4.78 is 4.68. The highest BCUT2D eigenvalue weighted by atomic mass is 32.2. The van der Waals surface area contributed by atoms with Gasteiger partial charge in [-0.2, -0.15) is 0 Å². The molecule has 116 valence electrons. The monoisotopic (exact) mass is 308 g/mol. The van der Waals surface area contributed by atoms with Crippen LogP contribution in [0.15, 0.2) is 35.2 Å². The van der Waals surface area contributed by atoms with Crippen LogP contribution in [-0.4, -0.2) is 67.9 Å². The fourth-order valence-electron chi connectivity index (χ4n) is 2.40. The van der Waals surface area contributed by atoms with Gasteiger partial charge in [-0.3, -0.25) is 9.69 Å². The maximum absolute atomic E-state index is 11.1. The Bertz CT molecular complexity index is 420. The Kier molecular flexibility index (Phi) is 7.06. The van der Waals surface area contributed by atoms with Crippen LogP contribution in [0.4, 0.5) is 0 Å². The van der Waals surface area contributed by atoms with Gasteiger partial charge in [-0.25, -0.2) is 0 Å². The first-order valence-electron chi connectivity index (χ1n) is 7.47. The van der Waals surface area contributed by atoms with Crippen molar-refractivity contribution >= 4 is 17.7 Å². The Labute approximate surface area is 131 Å². The summed E-state index contributed by atoms with van der Waals surface area (Å²) in [7, 11) is 1.45. The average Bonchev–Trinajstić information content (AvgIpc) is 2.55. The van der Waals surface area contributed by atoms with Crippen molar-refractivity contribution in [1.82, 2.24) is 9.80 Å². The van der Waals surface area contributed by atoms with Crippen molar-refractivity contribution in [2.24, 2.45) is 0 Å². The molecule has 0 spiro atoms. The van der Waals surface area contributed by atoms with Gasteiger partial charge in [-0.15, -0.1) is 11.8 Å². The normalized spacial score (nSPS) is 16.8. The Hall–Kier alpha value is -1.04. The third-order valence-corrected chi connectivity index (χ3v) is 4.74. The Morgan fingerprint density at radius 1 is 1.10 bits per heavy atom. The maximum Gasteiger partial charge on any atom is 0.306 e. The molecule has 4 nitrogen and oxygen atoms in total. The minimum atomic E-state index is -0.114. The van der Waals surface area contributed by atoms with Crippen molar-refractivity contribution in [1.29, 1.82) is 0 Å². The molecule has 1 aliphatic heterocycles. The van der Waals surface area contributed by atoms with E-state index in [0.29, 0.717) is 6.42 Å². The lowest BCUT2D eigenvalue weighted by atomic mass is 10.3. The van der Waals surface area contributed by atoms with Crippen LogP contribution in [-0.2, 0) is 9.53 Å². The SMILES string of the molecule is COC(=O)CCN1CCN(CCSc2ccccc2)CC1. The third kappa shape index (κ3) is 6.08. The lowest BCUT2D eigenvalue weighted by molar-refractivity contribution is -0.141. The number of benzene rings is 1. The number of methoxy groups -OCH3 is 1. The van der Waals surface area contributed by atoms with E-state index in [2.05, 4.69) is 44.9 Å². The number of ether oxygens (including phenoxy) is 1. The van der Waals surface area contributed by atoms with Gasteiger partial charge in [0.2, 0.25) is 0 Å². The molecule has 0 amide bonds. The highest BCUT2D eigenvalue weighted by Gasteiger charge is 2.17. The highest BCUT2D eigenvalue weighted by Crippen LogP contribution is 2.17. The predicted molar refractivity (Wildman–Crippen MR) is 86.7 cm³/mol. The Balaban J connectivity index is 1.58. The zero-order chi connectivity index (χ0) is 14.9. The third-order valence-electron chi connectivity index (χ3n) is 3.74. The van der Waals surface area contributed by atoms with Crippen molar-refractivity contribution in [3.63, 3.8) is 0 Å². The van der Waals surface area contributed by atoms with E-state index in [9.17, 15) is 4.79 Å². The number of carbonyl (C=O) groups excluding carboxylic acids is 1. The van der Waals surface area contributed by atoms with Gasteiger partial charge in [-0.1, -0.05) is 18.2 Å². The smallest absolute Gasteiger partial charge is 0.306 e. The van der Waals surface area contributed by atoms with Gasteiger partial charge in [0, 0.05) is 49.9 Å². The second-order valence-corrected chi connectivity index (χ2v) is 6.34. The van der Waals surface area contributed by atoms with Crippen LogP contribution in [0.2, 0.25) is 0 Å². The van der Waals surface area contributed by atoms with Crippen molar-refractivity contribution in [2.45, 2.75) is 11.3 Å². The number of hydrogen-bond donors (Lipinski definition) is 0. The van der Waals surface area contributed by atoms with Crippen LogP contribution >= 0.6 is 11.8 Å². The summed E-state index contributed by atoms with van der Waals surface area (Å²) in [6.07, 6.45) is 0.500. The molecule has 1 saturated heterocycles. The number of thioether (sulfide) groups is 1. The molecule has 0 aliphatic carbocycles. The minimum Gasteiger partial charge on any atom is -0.469 e. The molecule has 0 unspecified atom stereocenters. The van der Waals surface area contributed by atoms with Gasteiger partial charge in [0.15, 0.2) is 0 Å². The quantitative estimate of drug-likeness (QED) is 0.568. The molecule has 1 aromatic rings. The summed E-state index contributed by atoms with van der Waals surface area (Å²) in [5.74, 6) is 1.02. The van der Waals surface area contributed by atoms with Crippen LogP contribution < -0.4 is 0 Å². The number of carbonyl (C=O) groups is 1. The maximum atomic E-state index is 11.1. The zero-order valence-corrected chi connectivity index (χ0v) is 13.5. The van der Waals surface area contributed by atoms with Gasteiger partial charge >= 0.3 is 5.97 Å². The number of esters is 1. The molecule has 2 rings (SSSR count). The van der Waals surface area contributed by atoms with E-state index >= 15 is 0 Å². The molecule has 1 heterocycles. The van der Waals surface area contributed by atoms with Crippen molar-refractivity contribution < 1.29 is 9.53 Å². The van der Waals surface area contributed by atoms with Gasteiger partial charge in [0.1, 0.15) is 0 Å². The van der Waals surface area contributed by atoms with E-state index in [1.807, 2.05) is 11.8 Å². The molecule has 0 aromatic heterocycles. The van der Waals surface area contributed by atoms with Gasteiger partial charge in [0.05, 0.1) is 13.5 Å². The number of rotatable bonds is 7. The first-order valence-corrected chi connectivity index (χ1v) is 8.46. The van der Waals surface area contributed by atoms with Crippen molar-refractivity contribution in [3.8, 4) is 0 Å². The van der Waals surface area contributed by atoms with Gasteiger partial charge in [0.25, 0.3) is 0 Å². The lowest BCUT2D eigenvalue weighted by Gasteiger charge is -2.34. The second kappa shape index (κ2) is 9.07. The lowest BCUT2D eigenvalue weighted by Crippen LogP contribution is -2.47. The molecule has 21 heavy (non-hydrogen) atoms. The highest BCUT2D eigenvalue weighted by molar-refractivity contribution is 7.99.